The second-order valence-electron chi connectivity index (χ2n) is 9.40. The van der Waals surface area contributed by atoms with Crippen molar-refractivity contribution in [2.45, 2.75) is 61.0 Å². The van der Waals surface area contributed by atoms with Crippen LogP contribution in [0.25, 0.3) is 0 Å². The summed E-state index contributed by atoms with van der Waals surface area (Å²) in [5, 5.41) is 10.7. The fourth-order valence-electron chi connectivity index (χ4n) is 4.75. The second kappa shape index (κ2) is 7.67. The monoisotopic (exact) mass is 465 g/mol. The molecule has 2 saturated heterocycles. The Bertz CT molecular complexity index is 1060. The van der Waals surface area contributed by atoms with Crippen molar-refractivity contribution in [3.63, 3.8) is 0 Å². The Morgan fingerprint density at radius 2 is 1.97 bits per heavy atom. The number of carbonyl (C=O) groups is 2. The molecule has 174 valence electrons. The number of alkyl halides is 1. The zero-order valence-electron chi connectivity index (χ0n) is 18.0. The summed E-state index contributed by atoms with van der Waals surface area (Å²) in [5.74, 6) is -1.20. The average Bonchev–Trinajstić information content (AvgIpc) is 3.63. The number of fused-ring (bicyclic) bond motifs is 1. The summed E-state index contributed by atoms with van der Waals surface area (Å²) in [7, 11) is -1.88. The van der Waals surface area contributed by atoms with E-state index in [2.05, 4.69) is 21.4 Å². The Kier molecular flexibility index (Phi) is 5.18. The third-order valence-corrected chi connectivity index (χ3v) is 7.91. The molecule has 4 aliphatic rings. The zero-order valence-corrected chi connectivity index (χ0v) is 18.8. The summed E-state index contributed by atoms with van der Waals surface area (Å²) in [5.41, 5.74) is 4.50. The number of hydrogen-bond donors (Lipinski definition) is 4. The van der Waals surface area contributed by atoms with Crippen molar-refractivity contribution in [3.05, 3.63) is 23.8 Å². The first-order valence-corrected chi connectivity index (χ1v) is 12.9. The first kappa shape index (κ1) is 21.6. The van der Waals surface area contributed by atoms with Gasteiger partial charge in [-0.2, -0.15) is 0 Å². The molecule has 0 spiro atoms. The number of carbonyl (C=O) groups excluding carboxylic acids is 2. The molecule has 2 amide bonds. The topological polar surface area (TPSA) is 120 Å². The number of nitrogens with one attached hydrogen (secondary N) is 4. The average molecular weight is 466 g/mol. The van der Waals surface area contributed by atoms with Crippen LogP contribution in [0.4, 0.5) is 10.1 Å². The molecule has 4 N–H and O–H groups in total. The van der Waals surface area contributed by atoms with Gasteiger partial charge in [-0.15, -0.1) is 0 Å². The van der Waals surface area contributed by atoms with E-state index in [-0.39, 0.29) is 23.1 Å². The van der Waals surface area contributed by atoms with E-state index >= 15 is 0 Å². The molecule has 4 fully saturated rings. The molecule has 0 radical (unpaired) electrons. The minimum atomic E-state index is -3.50. The van der Waals surface area contributed by atoms with E-state index in [1.54, 1.807) is 19.2 Å². The van der Waals surface area contributed by atoms with Crippen LogP contribution in [0.15, 0.2) is 23.1 Å². The van der Waals surface area contributed by atoms with Crippen LogP contribution >= 0.6 is 0 Å². The lowest BCUT2D eigenvalue weighted by Gasteiger charge is -2.38. The third-order valence-electron chi connectivity index (χ3n) is 6.77. The molecule has 2 saturated carbocycles. The quantitative estimate of drug-likeness (QED) is 0.482. The highest BCUT2D eigenvalue weighted by atomic mass is 32.2. The Morgan fingerprint density at radius 3 is 2.59 bits per heavy atom. The lowest BCUT2D eigenvalue weighted by molar-refractivity contribution is -0.131. The predicted molar refractivity (Wildman–Crippen MR) is 115 cm³/mol. The van der Waals surface area contributed by atoms with Gasteiger partial charge in [0, 0.05) is 25.8 Å². The summed E-state index contributed by atoms with van der Waals surface area (Å²) in [6.07, 6.45) is 1.83. The number of anilines is 1. The highest BCUT2D eigenvalue weighted by Gasteiger charge is 2.50. The highest BCUT2D eigenvalue weighted by molar-refractivity contribution is 7.90. The number of halogens is 1. The summed E-state index contributed by atoms with van der Waals surface area (Å²) < 4.78 is 38.3. The lowest BCUT2D eigenvalue weighted by atomic mass is 9.88. The Morgan fingerprint density at radius 1 is 1.25 bits per heavy atom. The van der Waals surface area contributed by atoms with E-state index in [9.17, 15) is 22.4 Å². The standard InChI is InChI=1S/C21H28FN5O4S/c1-27-21(29)18-15(9-17(24-19(18)26-27)25-20(28)12-8-13(12)22)23-14-6-5-11(10-3-4-10)7-16(14)32(2,30)31/h5-7,10,12-13,15,17-19,23-24,26H,3-4,8-9H2,1-2H3,(H,25,28)/t12-,13+,15?,17?,18?,19?/m1/s1. The molecule has 4 unspecified atom stereocenters. The fourth-order valence-corrected chi connectivity index (χ4v) is 5.62. The largest absolute Gasteiger partial charge is 0.380 e. The molecule has 32 heavy (non-hydrogen) atoms. The number of rotatable bonds is 6. The molecular formula is C21H28FN5O4S. The van der Waals surface area contributed by atoms with Gasteiger partial charge in [-0.25, -0.2) is 18.2 Å². The highest BCUT2D eigenvalue weighted by Crippen LogP contribution is 2.42. The summed E-state index contributed by atoms with van der Waals surface area (Å²) in [6, 6.07) is 4.98. The van der Waals surface area contributed by atoms with Crippen molar-refractivity contribution < 1.29 is 22.4 Å². The maximum atomic E-state index is 13.3. The number of amides is 2. The Hall–Kier alpha value is -2.24. The smallest absolute Gasteiger partial charge is 0.244 e. The van der Waals surface area contributed by atoms with Crippen LogP contribution in [0.3, 0.4) is 0 Å². The molecule has 0 bridgehead atoms. The normalized spacial score (nSPS) is 34.2. The molecule has 2 aliphatic heterocycles. The van der Waals surface area contributed by atoms with Crippen molar-refractivity contribution in [2.75, 3.05) is 18.6 Å². The van der Waals surface area contributed by atoms with Crippen LogP contribution in [-0.4, -0.2) is 63.1 Å². The molecule has 9 nitrogen and oxygen atoms in total. The molecule has 0 aromatic heterocycles. The van der Waals surface area contributed by atoms with Crippen molar-refractivity contribution in [2.24, 2.45) is 11.8 Å². The van der Waals surface area contributed by atoms with Crippen molar-refractivity contribution in [1.82, 2.24) is 21.1 Å². The molecular weight excluding hydrogens is 437 g/mol. The van der Waals surface area contributed by atoms with E-state index in [0.717, 1.165) is 18.4 Å². The van der Waals surface area contributed by atoms with Gasteiger partial charge >= 0.3 is 0 Å². The molecule has 2 aliphatic carbocycles. The molecule has 5 rings (SSSR count). The van der Waals surface area contributed by atoms with Gasteiger partial charge in [-0.3, -0.25) is 19.9 Å². The molecule has 11 heteroatoms. The van der Waals surface area contributed by atoms with Crippen LogP contribution in [0, 0.1) is 11.8 Å². The first-order valence-electron chi connectivity index (χ1n) is 11.0. The fraction of sp³-hybridized carbons (Fsp3) is 0.619. The number of piperidine rings is 1. The van der Waals surface area contributed by atoms with Crippen LogP contribution in [-0.2, 0) is 19.4 Å². The van der Waals surface area contributed by atoms with Gasteiger partial charge in [0.1, 0.15) is 6.17 Å². The summed E-state index contributed by atoms with van der Waals surface area (Å²) in [6.45, 7) is 0. The number of nitrogens with zero attached hydrogens (tertiary/aromatic N) is 1. The Labute approximate surface area is 186 Å². The van der Waals surface area contributed by atoms with Crippen LogP contribution in [0.1, 0.15) is 37.2 Å². The van der Waals surface area contributed by atoms with Crippen molar-refractivity contribution in [1.29, 1.82) is 0 Å². The van der Waals surface area contributed by atoms with Gasteiger partial charge in [-0.1, -0.05) is 6.07 Å². The third kappa shape index (κ3) is 4.08. The molecule has 2 heterocycles. The number of sulfone groups is 1. The lowest BCUT2D eigenvalue weighted by Crippen LogP contribution is -2.63. The van der Waals surface area contributed by atoms with Crippen LogP contribution in [0.5, 0.6) is 0 Å². The molecule has 6 atom stereocenters. The van der Waals surface area contributed by atoms with E-state index in [1.807, 2.05) is 6.07 Å². The maximum absolute atomic E-state index is 13.3. The van der Waals surface area contributed by atoms with Gasteiger partial charge in [0.25, 0.3) is 0 Å². The minimum Gasteiger partial charge on any atom is -0.380 e. The van der Waals surface area contributed by atoms with Crippen LogP contribution in [0.2, 0.25) is 0 Å². The maximum Gasteiger partial charge on any atom is 0.244 e. The molecule has 1 aromatic rings. The number of benzene rings is 1. The van der Waals surface area contributed by atoms with E-state index in [4.69, 9.17) is 0 Å². The van der Waals surface area contributed by atoms with Crippen molar-refractivity contribution >= 4 is 27.3 Å². The van der Waals surface area contributed by atoms with E-state index in [0.29, 0.717) is 18.0 Å². The summed E-state index contributed by atoms with van der Waals surface area (Å²) in [4.78, 5) is 25.3. The number of hydrogen-bond acceptors (Lipinski definition) is 7. The zero-order chi connectivity index (χ0) is 22.8. The SMILES string of the molecule is CN1NC2NC(NC(=O)[C@@H]3C[C@@H]3F)CC(Nc3ccc(C4CC4)cc3S(C)(=O)=O)C2C1=O. The van der Waals surface area contributed by atoms with E-state index < -0.39 is 46.2 Å². The predicted octanol–water partition coefficient (Wildman–Crippen LogP) is 0.460. The van der Waals surface area contributed by atoms with Crippen LogP contribution < -0.4 is 21.4 Å². The minimum absolute atomic E-state index is 0.133. The Balaban J connectivity index is 1.41. The van der Waals surface area contributed by atoms with Crippen molar-refractivity contribution in [3.8, 4) is 0 Å². The van der Waals surface area contributed by atoms with Gasteiger partial charge in [0.15, 0.2) is 9.84 Å². The van der Waals surface area contributed by atoms with E-state index in [1.165, 1.54) is 11.3 Å². The first-order chi connectivity index (χ1) is 15.1. The number of hydrazine groups is 1. The van der Waals surface area contributed by atoms with Gasteiger partial charge in [0.05, 0.1) is 34.8 Å². The van der Waals surface area contributed by atoms with Gasteiger partial charge < -0.3 is 10.6 Å². The molecule has 1 aromatic carbocycles. The van der Waals surface area contributed by atoms with Gasteiger partial charge in [-0.05, 0) is 42.9 Å². The van der Waals surface area contributed by atoms with Gasteiger partial charge in [0.2, 0.25) is 11.8 Å². The second-order valence-corrected chi connectivity index (χ2v) is 11.4. The summed E-state index contributed by atoms with van der Waals surface area (Å²) >= 11 is 0.